The lowest BCUT2D eigenvalue weighted by molar-refractivity contribution is 0.0930. The van der Waals surface area contributed by atoms with Crippen molar-refractivity contribution < 1.29 is 4.79 Å². The SMILES string of the molecule is CCNc1cnccc1C(=O)NCC(C)(C)CN(C)C. The van der Waals surface area contributed by atoms with Crippen LogP contribution in [0.1, 0.15) is 31.1 Å². The number of carbonyl (C=O) groups is 1. The summed E-state index contributed by atoms with van der Waals surface area (Å²) in [7, 11) is 4.07. The van der Waals surface area contributed by atoms with E-state index < -0.39 is 0 Å². The fraction of sp³-hybridized carbons (Fsp3) is 0.600. The van der Waals surface area contributed by atoms with Crippen LogP contribution in [-0.4, -0.2) is 49.5 Å². The van der Waals surface area contributed by atoms with Gasteiger partial charge in [-0.1, -0.05) is 13.8 Å². The zero-order valence-electron chi connectivity index (χ0n) is 13.2. The molecule has 0 aromatic carbocycles. The first-order valence-electron chi connectivity index (χ1n) is 6.96. The average Bonchev–Trinajstić information content (AvgIpc) is 2.36. The molecular weight excluding hydrogens is 252 g/mol. The van der Waals surface area contributed by atoms with Gasteiger partial charge in [-0.2, -0.15) is 0 Å². The number of hydrogen-bond acceptors (Lipinski definition) is 4. The van der Waals surface area contributed by atoms with Gasteiger partial charge in [0.1, 0.15) is 0 Å². The van der Waals surface area contributed by atoms with E-state index in [1.54, 1.807) is 18.5 Å². The maximum absolute atomic E-state index is 12.3. The van der Waals surface area contributed by atoms with E-state index in [0.717, 1.165) is 18.8 Å². The molecule has 0 atom stereocenters. The fourth-order valence-electron chi connectivity index (χ4n) is 2.25. The summed E-state index contributed by atoms with van der Waals surface area (Å²) in [5, 5.41) is 6.16. The number of rotatable bonds is 7. The Morgan fingerprint density at radius 1 is 1.40 bits per heavy atom. The summed E-state index contributed by atoms with van der Waals surface area (Å²) < 4.78 is 0. The van der Waals surface area contributed by atoms with Crippen LogP contribution in [0.3, 0.4) is 0 Å². The third-order valence-electron chi connectivity index (χ3n) is 2.90. The molecule has 5 nitrogen and oxygen atoms in total. The molecule has 1 rings (SSSR count). The number of anilines is 1. The zero-order chi connectivity index (χ0) is 15.2. The predicted molar refractivity (Wildman–Crippen MR) is 83.1 cm³/mol. The lowest BCUT2D eigenvalue weighted by Gasteiger charge is -2.28. The molecular formula is C15H26N4O. The summed E-state index contributed by atoms with van der Waals surface area (Å²) in [5.74, 6) is -0.0600. The van der Waals surface area contributed by atoms with E-state index in [-0.39, 0.29) is 11.3 Å². The van der Waals surface area contributed by atoms with Gasteiger partial charge in [-0.25, -0.2) is 0 Å². The van der Waals surface area contributed by atoms with Crippen molar-refractivity contribution in [2.45, 2.75) is 20.8 Å². The van der Waals surface area contributed by atoms with Crippen LogP contribution >= 0.6 is 0 Å². The minimum atomic E-state index is -0.0600. The molecule has 112 valence electrons. The molecule has 1 amide bonds. The van der Waals surface area contributed by atoms with E-state index in [0.29, 0.717) is 12.1 Å². The van der Waals surface area contributed by atoms with Crippen LogP contribution in [0, 0.1) is 5.41 Å². The Hall–Kier alpha value is -1.62. The molecule has 1 aromatic rings. The molecule has 1 aromatic heterocycles. The summed E-state index contributed by atoms with van der Waals surface area (Å²) in [6, 6.07) is 1.74. The van der Waals surface area contributed by atoms with E-state index in [9.17, 15) is 4.79 Å². The fourth-order valence-corrected chi connectivity index (χ4v) is 2.25. The minimum absolute atomic E-state index is 0.0323. The van der Waals surface area contributed by atoms with Gasteiger partial charge in [0.2, 0.25) is 0 Å². The Labute approximate surface area is 121 Å². The number of nitrogens with one attached hydrogen (secondary N) is 2. The van der Waals surface area contributed by atoms with Gasteiger partial charge >= 0.3 is 0 Å². The largest absolute Gasteiger partial charge is 0.383 e. The van der Waals surface area contributed by atoms with Crippen molar-refractivity contribution in [1.82, 2.24) is 15.2 Å². The lowest BCUT2D eigenvalue weighted by Crippen LogP contribution is -2.40. The van der Waals surface area contributed by atoms with Crippen molar-refractivity contribution in [3.8, 4) is 0 Å². The molecule has 20 heavy (non-hydrogen) atoms. The van der Waals surface area contributed by atoms with Crippen LogP contribution in [0.5, 0.6) is 0 Å². The monoisotopic (exact) mass is 278 g/mol. The first kappa shape index (κ1) is 16.4. The topological polar surface area (TPSA) is 57.3 Å². The van der Waals surface area contributed by atoms with Gasteiger partial charge in [-0.05, 0) is 32.5 Å². The number of pyridine rings is 1. The molecule has 5 heteroatoms. The van der Waals surface area contributed by atoms with Crippen LogP contribution in [0.25, 0.3) is 0 Å². The molecule has 0 aliphatic carbocycles. The van der Waals surface area contributed by atoms with Gasteiger partial charge < -0.3 is 15.5 Å². The molecule has 0 aliphatic rings. The molecule has 0 saturated heterocycles. The zero-order valence-corrected chi connectivity index (χ0v) is 13.2. The molecule has 1 heterocycles. The Kier molecular flexibility index (Phi) is 5.95. The number of carbonyl (C=O) groups excluding carboxylic acids is 1. The maximum atomic E-state index is 12.3. The molecule has 0 fully saturated rings. The summed E-state index contributed by atoms with van der Waals surface area (Å²) in [4.78, 5) is 18.5. The van der Waals surface area contributed by atoms with Crippen LogP contribution < -0.4 is 10.6 Å². The van der Waals surface area contributed by atoms with Crippen LogP contribution in [0.2, 0.25) is 0 Å². The van der Waals surface area contributed by atoms with Gasteiger partial charge in [-0.3, -0.25) is 9.78 Å². The molecule has 0 bridgehead atoms. The lowest BCUT2D eigenvalue weighted by atomic mass is 9.93. The van der Waals surface area contributed by atoms with Gasteiger partial charge in [-0.15, -0.1) is 0 Å². The highest BCUT2D eigenvalue weighted by molar-refractivity contribution is 5.99. The molecule has 0 unspecified atom stereocenters. The molecule has 0 radical (unpaired) electrons. The standard InChI is InChI=1S/C15H26N4O/c1-6-17-13-9-16-8-7-12(13)14(20)18-10-15(2,3)11-19(4)5/h7-9,17H,6,10-11H2,1-5H3,(H,18,20). The highest BCUT2D eigenvalue weighted by Gasteiger charge is 2.21. The summed E-state index contributed by atoms with van der Waals surface area (Å²) in [6.07, 6.45) is 3.32. The predicted octanol–water partition coefficient (Wildman–Crippen LogP) is 1.83. The third kappa shape index (κ3) is 5.17. The van der Waals surface area contributed by atoms with E-state index in [1.165, 1.54) is 0 Å². The van der Waals surface area contributed by atoms with Gasteiger partial charge in [0.25, 0.3) is 5.91 Å². The molecule has 0 spiro atoms. The maximum Gasteiger partial charge on any atom is 0.253 e. The number of nitrogens with zero attached hydrogens (tertiary/aromatic N) is 2. The summed E-state index contributed by atoms with van der Waals surface area (Å²) >= 11 is 0. The van der Waals surface area contributed by atoms with E-state index in [2.05, 4.69) is 34.4 Å². The van der Waals surface area contributed by atoms with Crippen LogP contribution in [0.15, 0.2) is 18.5 Å². The third-order valence-corrected chi connectivity index (χ3v) is 2.90. The van der Waals surface area contributed by atoms with Gasteiger partial charge in [0.05, 0.1) is 17.4 Å². The van der Waals surface area contributed by atoms with Gasteiger partial charge in [0, 0.05) is 25.8 Å². The highest BCUT2D eigenvalue weighted by atomic mass is 16.1. The number of aromatic nitrogens is 1. The van der Waals surface area contributed by atoms with E-state index in [4.69, 9.17) is 0 Å². The van der Waals surface area contributed by atoms with Crippen LogP contribution in [0.4, 0.5) is 5.69 Å². The minimum Gasteiger partial charge on any atom is -0.383 e. The van der Waals surface area contributed by atoms with Crippen molar-refractivity contribution in [2.24, 2.45) is 5.41 Å². The van der Waals surface area contributed by atoms with Gasteiger partial charge in [0.15, 0.2) is 0 Å². The Morgan fingerprint density at radius 2 is 2.10 bits per heavy atom. The Morgan fingerprint density at radius 3 is 2.70 bits per heavy atom. The normalized spacial score (nSPS) is 11.5. The molecule has 0 saturated carbocycles. The van der Waals surface area contributed by atoms with Crippen molar-refractivity contribution in [3.05, 3.63) is 24.0 Å². The van der Waals surface area contributed by atoms with Crippen LogP contribution in [-0.2, 0) is 0 Å². The smallest absolute Gasteiger partial charge is 0.253 e. The average molecular weight is 278 g/mol. The first-order chi connectivity index (χ1) is 9.35. The highest BCUT2D eigenvalue weighted by Crippen LogP contribution is 2.16. The molecule has 2 N–H and O–H groups in total. The Balaban J connectivity index is 2.68. The van der Waals surface area contributed by atoms with E-state index >= 15 is 0 Å². The van der Waals surface area contributed by atoms with Crippen molar-refractivity contribution in [3.63, 3.8) is 0 Å². The summed E-state index contributed by atoms with van der Waals surface area (Å²) in [6.45, 7) is 8.60. The summed E-state index contributed by atoms with van der Waals surface area (Å²) in [5.41, 5.74) is 1.45. The molecule has 0 aliphatic heterocycles. The first-order valence-corrected chi connectivity index (χ1v) is 6.96. The quantitative estimate of drug-likeness (QED) is 0.799. The van der Waals surface area contributed by atoms with Crippen molar-refractivity contribution >= 4 is 11.6 Å². The second-order valence-electron chi connectivity index (χ2n) is 6.04. The van der Waals surface area contributed by atoms with Crippen molar-refractivity contribution in [1.29, 1.82) is 0 Å². The Bertz CT molecular complexity index is 443. The second kappa shape index (κ2) is 7.24. The van der Waals surface area contributed by atoms with E-state index in [1.807, 2.05) is 21.0 Å². The van der Waals surface area contributed by atoms with Crippen molar-refractivity contribution in [2.75, 3.05) is 39.0 Å². The number of amides is 1. The number of hydrogen-bond donors (Lipinski definition) is 2. The second-order valence-corrected chi connectivity index (χ2v) is 6.04.